The molecule has 1 fully saturated rings. The van der Waals surface area contributed by atoms with Gasteiger partial charge in [-0.2, -0.15) is 0 Å². The summed E-state index contributed by atoms with van der Waals surface area (Å²) in [6, 6.07) is 27.2. The zero-order chi connectivity index (χ0) is 26.8. The van der Waals surface area contributed by atoms with Crippen molar-refractivity contribution in [2.24, 2.45) is 0 Å². The van der Waals surface area contributed by atoms with Crippen molar-refractivity contribution in [2.45, 2.75) is 24.2 Å². The van der Waals surface area contributed by atoms with Gasteiger partial charge in [0, 0.05) is 13.1 Å². The Morgan fingerprint density at radius 3 is 1.97 bits per heavy atom. The summed E-state index contributed by atoms with van der Waals surface area (Å²) in [6.07, 6.45) is 0. The van der Waals surface area contributed by atoms with Gasteiger partial charge in [-0.3, -0.25) is 5.32 Å². The van der Waals surface area contributed by atoms with Crippen molar-refractivity contribution in [2.75, 3.05) is 27.9 Å². The van der Waals surface area contributed by atoms with Crippen LogP contribution in [0.3, 0.4) is 0 Å². The standard InChI is InChI=1S/C30H31N3O5/c1-36-24-16-14-23(15-17-24)29-20-33(29)26(31-18-21-10-6-4-7-11-21)25(27(34)37-2)30(29,28(35)38-3)32-19-22-12-8-5-9-13-22/h4-17,31-32H,18-20H2,1-3H3/t29-,30+,33?/m1/s1. The highest BCUT2D eigenvalue weighted by molar-refractivity contribution is 6.05. The van der Waals surface area contributed by atoms with Gasteiger partial charge < -0.3 is 24.4 Å². The second-order valence-corrected chi connectivity index (χ2v) is 9.31. The Bertz CT molecular complexity index is 1340. The Kier molecular flexibility index (Phi) is 6.82. The van der Waals surface area contributed by atoms with E-state index in [1.54, 1.807) is 7.11 Å². The van der Waals surface area contributed by atoms with Gasteiger partial charge in [0.2, 0.25) is 0 Å². The molecule has 2 atom stereocenters. The van der Waals surface area contributed by atoms with Crippen molar-refractivity contribution in [3.8, 4) is 5.75 Å². The molecule has 2 heterocycles. The average molecular weight is 514 g/mol. The molecule has 196 valence electrons. The van der Waals surface area contributed by atoms with Gasteiger partial charge >= 0.3 is 11.9 Å². The maximum atomic E-state index is 13.9. The molecular formula is C30H31N3O5. The van der Waals surface area contributed by atoms with E-state index in [0.29, 0.717) is 31.2 Å². The molecule has 8 heteroatoms. The van der Waals surface area contributed by atoms with Crippen molar-refractivity contribution in [1.82, 2.24) is 15.5 Å². The van der Waals surface area contributed by atoms with Gasteiger partial charge in [0.25, 0.3) is 0 Å². The summed E-state index contributed by atoms with van der Waals surface area (Å²) < 4.78 is 16.1. The highest BCUT2D eigenvalue weighted by atomic mass is 16.5. The van der Waals surface area contributed by atoms with Crippen LogP contribution < -0.4 is 15.4 Å². The predicted octanol–water partition coefficient (Wildman–Crippen LogP) is 3.10. The van der Waals surface area contributed by atoms with E-state index in [4.69, 9.17) is 14.2 Å². The molecule has 0 spiro atoms. The highest BCUT2D eigenvalue weighted by Gasteiger charge is 2.79. The van der Waals surface area contributed by atoms with Crippen LogP contribution in [-0.4, -0.2) is 50.3 Å². The summed E-state index contributed by atoms with van der Waals surface area (Å²) >= 11 is 0. The fourth-order valence-electron chi connectivity index (χ4n) is 5.51. The number of ether oxygens (including phenoxy) is 3. The third-order valence-electron chi connectivity index (χ3n) is 7.40. The monoisotopic (exact) mass is 513 g/mol. The van der Waals surface area contributed by atoms with E-state index in [0.717, 1.165) is 16.7 Å². The molecule has 1 saturated heterocycles. The van der Waals surface area contributed by atoms with Crippen LogP contribution in [0.2, 0.25) is 0 Å². The van der Waals surface area contributed by atoms with Crippen molar-refractivity contribution in [3.05, 3.63) is 113 Å². The van der Waals surface area contributed by atoms with E-state index in [9.17, 15) is 9.59 Å². The third-order valence-corrected chi connectivity index (χ3v) is 7.40. The lowest BCUT2D eigenvalue weighted by atomic mass is 9.74. The smallest absolute Gasteiger partial charge is 0.340 e. The minimum atomic E-state index is -1.54. The quantitative estimate of drug-likeness (QED) is 0.316. The van der Waals surface area contributed by atoms with Gasteiger partial charge in [-0.1, -0.05) is 72.8 Å². The van der Waals surface area contributed by atoms with Crippen LogP contribution in [0.15, 0.2) is 96.3 Å². The van der Waals surface area contributed by atoms with Crippen molar-refractivity contribution in [3.63, 3.8) is 0 Å². The Morgan fingerprint density at radius 1 is 0.816 bits per heavy atom. The van der Waals surface area contributed by atoms with Crippen molar-refractivity contribution < 1.29 is 23.8 Å². The molecule has 38 heavy (non-hydrogen) atoms. The lowest BCUT2D eigenvalue weighted by Crippen LogP contribution is -2.63. The van der Waals surface area contributed by atoms with Gasteiger partial charge in [-0.05, 0) is 28.8 Å². The maximum Gasteiger partial charge on any atom is 0.340 e. The highest BCUT2D eigenvalue weighted by Crippen LogP contribution is 2.62. The minimum absolute atomic E-state index is 0.195. The minimum Gasteiger partial charge on any atom is -0.497 e. The Hall–Kier alpha value is -4.30. The van der Waals surface area contributed by atoms with Gasteiger partial charge in [0.1, 0.15) is 22.7 Å². The number of nitrogens with zero attached hydrogens (tertiary/aromatic N) is 1. The molecule has 2 aliphatic rings. The van der Waals surface area contributed by atoms with E-state index in [2.05, 4.69) is 10.6 Å². The van der Waals surface area contributed by atoms with E-state index in [1.807, 2.05) is 89.8 Å². The zero-order valence-electron chi connectivity index (χ0n) is 21.7. The lowest BCUT2D eigenvalue weighted by Gasteiger charge is -2.36. The number of methoxy groups -OCH3 is 3. The van der Waals surface area contributed by atoms with Crippen molar-refractivity contribution >= 4 is 11.9 Å². The number of fused-ring (bicyclic) bond motifs is 1. The molecule has 0 aromatic heterocycles. The first-order chi connectivity index (χ1) is 18.5. The molecule has 0 saturated carbocycles. The summed E-state index contributed by atoms with van der Waals surface area (Å²) in [5.41, 5.74) is 0.585. The summed E-state index contributed by atoms with van der Waals surface area (Å²) in [6.45, 7) is 1.28. The predicted molar refractivity (Wildman–Crippen MR) is 142 cm³/mol. The Labute approximate surface area is 222 Å². The zero-order valence-corrected chi connectivity index (χ0v) is 21.7. The first-order valence-corrected chi connectivity index (χ1v) is 12.4. The molecule has 5 rings (SSSR count). The number of nitrogens with one attached hydrogen (secondary N) is 2. The number of carbonyl (C=O) groups is 2. The fourth-order valence-corrected chi connectivity index (χ4v) is 5.51. The van der Waals surface area contributed by atoms with Gasteiger partial charge in [0.15, 0.2) is 5.54 Å². The summed E-state index contributed by atoms with van der Waals surface area (Å²) in [5.74, 6) is 0.0672. The summed E-state index contributed by atoms with van der Waals surface area (Å²) in [4.78, 5) is 29.5. The second kappa shape index (κ2) is 10.2. The van der Waals surface area contributed by atoms with Gasteiger partial charge in [-0.25, -0.2) is 9.59 Å². The Morgan fingerprint density at radius 2 is 1.42 bits per heavy atom. The van der Waals surface area contributed by atoms with Crippen LogP contribution >= 0.6 is 0 Å². The molecule has 0 bridgehead atoms. The van der Waals surface area contributed by atoms with E-state index >= 15 is 0 Å². The molecule has 2 N–H and O–H groups in total. The van der Waals surface area contributed by atoms with Crippen LogP contribution in [-0.2, 0) is 37.7 Å². The number of benzene rings is 3. The van der Waals surface area contributed by atoms with E-state index in [-0.39, 0.29) is 5.57 Å². The van der Waals surface area contributed by atoms with E-state index < -0.39 is 23.0 Å². The SMILES string of the molecule is COC(=O)C1=C(NCc2ccccc2)N2C[C@@]2(c2ccc(OC)cc2)[C@@]1(NCc1ccccc1)C(=O)OC. The molecule has 8 nitrogen and oxygen atoms in total. The molecule has 3 aromatic rings. The number of hydrogen-bond acceptors (Lipinski definition) is 8. The van der Waals surface area contributed by atoms with Gasteiger partial charge in [-0.15, -0.1) is 0 Å². The third kappa shape index (κ3) is 3.97. The first-order valence-electron chi connectivity index (χ1n) is 12.4. The van der Waals surface area contributed by atoms with E-state index in [1.165, 1.54) is 14.2 Å². The Balaban J connectivity index is 1.66. The topological polar surface area (TPSA) is 88.9 Å². The fraction of sp³-hybridized carbons (Fsp3) is 0.267. The molecule has 2 aliphatic heterocycles. The summed E-state index contributed by atoms with van der Waals surface area (Å²) in [7, 11) is 4.27. The van der Waals surface area contributed by atoms with Crippen LogP contribution in [0.5, 0.6) is 5.75 Å². The number of hydrogen-bond donors (Lipinski definition) is 2. The molecule has 0 radical (unpaired) electrons. The number of esters is 2. The molecule has 0 aliphatic carbocycles. The molecule has 0 unspecified atom stereocenters. The van der Waals surface area contributed by atoms with Gasteiger partial charge in [0.05, 0.1) is 27.9 Å². The van der Waals surface area contributed by atoms with Crippen LogP contribution in [0.25, 0.3) is 0 Å². The van der Waals surface area contributed by atoms with Crippen LogP contribution in [0, 0.1) is 0 Å². The number of carbonyl (C=O) groups excluding carboxylic acids is 2. The van der Waals surface area contributed by atoms with Crippen LogP contribution in [0.1, 0.15) is 16.7 Å². The molecular weight excluding hydrogens is 482 g/mol. The average Bonchev–Trinajstić information content (AvgIpc) is 3.68. The van der Waals surface area contributed by atoms with Crippen molar-refractivity contribution in [1.29, 1.82) is 0 Å². The number of rotatable bonds is 10. The van der Waals surface area contributed by atoms with Crippen LogP contribution in [0.4, 0.5) is 0 Å². The largest absolute Gasteiger partial charge is 0.497 e. The molecule has 3 aromatic carbocycles. The first kappa shape index (κ1) is 25.4. The second-order valence-electron chi connectivity index (χ2n) is 9.31. The lowest BCUT2D eigenvalue weighted by molar-refractivity contribution is -0.151. The molecule has 0 amide bonds. The summed E-state index contributed by atoms with van der Waals surface area (Å²) in [5, 5.41) is 6.90. The normalized spacial score (nSPS) is 21.5. The maximum absolute atomic E-state index is 13.9.